The van der Waals surface area contributed by atoms with Gasteiger partial charge in [0.1, 0.15) is 5.82 Å². The maximum absolute atomic E-state index is 11.6. The number of amides is 3. The van der Waals surface area contributed by atoms with Crippen LogP contribution in [0.4, 0.5) is 4.79 Å². The molecule has 2 aromatic rings. The second-order valence-electron chi connectivity index (χ2n) is 5.44. The summed E-state index contributed by atoms with van der Waals surface area (Å²) in [5.41, 5.74) is 0.863. The molecular weight excluding hydrogens is 362 g/mol. The Morgan fingerprint density at radius 2 is 2.08 bits per heavy atom. The van der Waals surface area contributed by atoms with E-state index in [1.54, 1.807) is 18.2 Å². The molecule has 0 spiro atoms. The van der Waals surface area contributed by atoms with Crippen molar-refractivity contribution in [3.8, 4) is 5.69 Å². The molecule has 1 aromatic heterocycles. The minimum atomic E-state index is -0.486. The van der Waals surface area contributed by atoms with Crippen LogP contribution in [0.15, 0.2) is 42.1 Å². The zero-order valence-electron chi connectivity index (χ0n) is 13.2. The minimum absolute atomic E-state index is 0.203. The Kier molecular flexibility index (Phi) is 5.40. The molecule has 0 bridgehead atoms. The first-order chi connectivity index (χ1) is 12.1. The molecule has 2 N–H and O–H groups in total. The van der Waals surface area contributed by atoms with Crippen LogP contribution in [0.1, 0.15) is 12.2 Å². The summed E-state index contributed by atoms with van der Waals surface area (Å²) in [6.07, 6.45) is 2.38. The maximum atomic E-state index is 11.6. The quantitative estimate of drug-likeness (QED) is 0.595. The van der Waals surface area contributed by atoms with Gasteiger partial charge in [-0.05, 0) is 24.3 Å². The lowest BCUT2D eigenvalue weighted by molar-refractivity contribution is -0.121. The van der Waals surface area contributed by atoms with Gasteiger partial charge in [0.15, 0.2) is 5.16 Å². The van der Waals surface area contributed by atoms with E-state index in [0.29, 0.717) is 28.2 Å². The summed E-state index contributed by atoms with van der Waals surface area (Å²) in [6, 6.07) is 6.52. The molecule has 1 unspecified atom stereocenters. The third-order valence-electron chi connectivity index (χ3n) is 3.56. The Balaban J connectivity index is 1.91. The molecule has 2 heterocycles. The van der Waals surface area contributed by atoms with Gasteiger partial charge in [-0.25, -0.2) is 4.79 Å². The van der Waals surface area contributed by atoms with Crippen molar-refractivity contribution >= 4 is 35.3 Å². The molecular formula is C16H16ClN5O2S. The highest BCUT2D eigenvalue weighted by Gasteiger charge is 2.26. The number of hydrogen-bond donors (Lipinski definition) is 2. The number of nitrogens with zero attached hydrogens (tertiary/aromatic N) is 3. The van der Waals surface area contributed by atoms with Crippen LogP contribution in [0.2, 0.25) is 5.02 Å². The van der Waals surface area contributed by atoms with Gasteiger partial charge in [0.25, 0.3) is 0 Å². The molecule has 1 fully saturated rings. The van der Waals surface area contributed by atoms with Crippen LogP contribution >= 0.6 is 23.4 Å². The normalized spacial score (nSPS) is 17.1. The molecule has 1 atom stereocenters. The van der Waals surface area contributed by atoms with E-state index in [4.69, 9.17) is 11.6 Å². The number of hydrogen-bond acceptors (Lipinski definition) is 5. The van der Waals surface area contributed by atoms with E-state index in [9.17, 15) is 9.59 Å². The van der Waals surface area contributed by atoms with Crippen LogP contribution < -0.4 is 10.6 Å². The number of benzene rings is 1. The predicted octanol–water partition coefficient (Wildman–Crippen LogP) is 2.34. The molecule has 3 amide bonds. The van der Waals surface area contributed by atoms with Crippen molar-refractivity contribution < 1.29 is 9.59 Å². The lowest BCUT2D eigenvalue weighted by Crippen LogP contribution is -2.53. The number of carbonyl (C=O) groups excluding carboxylic acids is 2. The van der Waals surface area contributed by atoms with Gasteiger partial charge in [-0.3, -0.25) is 14.7 Å². The predicted molar refractivity (Wildman–Crippen MR) is 96.1 cm³/mol. The van der Waals surface area contributed by atoms with Gasteiger partial charge in [0.05, 0.1) is 0 Å². The third kappa shape index (κ3) is 4.21. The summed E-state index contributed by atoms with van der Waals surface area (Å²) in [5, 5.41) is 14.8. The Morgan fingerprint density at radius 3 is 2.76 bits per heavy atom. The highest BCUT2D eigenvalue weighted by molar-refractivity contribution is 7.99. The molecule has 1 aromatic carbocycles. The Bertz CT molecular complexity index is 789. The molecule has 1 aliphatic heterocycles. The zero-order chi connectivity index (χ0) is 17.8. The second-order valence-corrected chi connectivity index (χ2v) is 6.86. The van der Waals surface area contributed by atoms with Crippen molar-refractivity contribution in [3.63, 3.8) is 0 Å². The number of thioether (sulfide) groups is 1. The van der Waals surface area contributed by atoms with Gasteiger partial charge in [0.2, 0.25) is 5.91 Å². The molecule has 1 aliphatic rings. The molecule has 0 saturated carbocycles. The van der Waals surface area contributed by atoms with Gasteiger partial charge >= 0.3 is 6.03 Å². The molecule has 130 valence electrons. The highest BCUT2D eigenvalue weighted by atomic mass is 35.5. The van der Waals surface area contributed by atoms with Crippen LogP contribution in [-0.2, 0) is 11.2 Å². The number of nitrogens with one attached hydrogen (secondary N) is 2. The minimum Gasteiger partial charge on any atom is -0.334 e. The van der Waals surface area contributed by atoms with E-state index < -0.39 is 6.03 Å². The first kappa shape index (κ1) is 17.5. The monoisotopic (exact) mass is 377 g/mol. The number of imide groups is 1. The summed E-state index contributed by atoms with van der Waals surface area (Å²) in [7, 11) is 0. The average Bonchev–Trinajstić information content (AvgIpc) is 2.95. The van der Waals surface area contributed by atoms with Crippen LogP contribution in [0, 0.1) is 0 Å². The highest BCUT2D eigenvalue weighted by Crippen LogP contribution is 2.24. The number of carbonyl (C=O) groups is 2. The van der Waals surface area contributed by atoms with Crippen molar-refractivity contribution in [2.24, 2.45) is 0 Å². The topological polar surface area (TPSA) is 88.9 Å². The third-order valence-corrected chi connectivity index (χ3v) is 4.74. The molecule has 7 nitrogen and oxygen atoms in total. The van der Waals surface area contributed by atoms with E-state index in [0.717, 1.165) is 5.69 Å². The molecule has 25 heavy (non-hydrogen) atoms. The summed E-state index contributed by atoms with van der Waals surface area (Å²) >= 11 is 7.47. The SMILES string of the molecule is C=CCSc1nnc(CC2CC(=O)NC(=O)N2)n1-c1ccc(Cl)cc1. The van der Waals surface area contributed by atoms with Gasteiger partial charge in [-0.15, -0.1) is 16.8 Å². The standard InChI is InChI=1S/C16H16ClN5O2S/c1-2-7-25-16-21-20-13(8-11-9-14(23)19-15(24)18-11)22(16)12-5-3-10(17)4-6-12/h2-6,11H,1,7-9H2,(H2,18,19,23,24). The van der Waals surface area contributed by atoms with Crippen molar-refractivity contribution in [1.82, 2.24) is 25.4 Å². The maximum Gasteiger partial charge on any atom is 0.321 e. The smallest absolute Gasteiger partial charge is 0.321 e. The van der Waals surface area contributed by atoms with Gasteiger partial charge in [-0.1, -0.05) is 29.4 Å². The number of rotatable bonds is 6. The summed E-state index contributed by atoms with van der Waals surface area (Å²) < 4.78 is 1.91. The molecule has 0 aliphatic carbocycles. The summed E-state index contributed by atoms with van der Waals surface area (Å²) in [4.78, 5) is 23.1. The number of urea groups is 1. The Hall–Kier alpha value is -2.32. The molecule has 0 radical (unpaired) electrons. The van der Waals surface area contributed by atoms with Gasteiger partial charge in [-0.2, -0.15) is 0 Å². The summed E-state index contributed by atoms with van der Waals surface area (Å²) in [6.45, 7) is 3.72. The molecule has 3 rings (SSSR count). The van der Waals surface area contributed by atoms with E-state index in [-0.39, 0.29) is 18.4 Å². The second kappa shape index (κ2) is 7.71. The summed E-state index contributed by atoms with van der Waals surface area (Å²) in [5.74, 6) is 1.05. The van der Waals surface area contributed by atoms with Gasteiger partial charge < -0.3 is 5.32 Å². The average molecular weight is 378 g/mol. The van der Waals surface area contributed by atoms with E-state index >= 15 is 0 Å². The van der Waals surface area contributed by atoms with Crippen LogP contribution in [0.5, 0.6) is 0 Å². The molecule has 9 heteroatoms. The largest absolute Gasteiger partial charge is 0.334 e. The fourth-order valence-electron chi connectivity index (χ4n) is 2.53. The van der Waals surface area contributed by atoms with Crippen molar-refractivity contribution in [2.75, 3.05) is 5.75 Å². The van der Waals surface area contributed by atoms with E-state index in [1.165, 1.54) is 11.8 Å². The van der Waals surface area contributed by atoms with Crippen molar-refractivity contribution in [1.29, 1.82) is 0 Å². The van der Waals surface area contributed by atoms with Gasteiger partial charge in [0, 0.05) is 35.3 Å². The van der Waals surface area contributed by atoms with Crippen LogP contribution in [-0.4, -0.2) is 38.5 Å². The van der Waals surface area contributed by atoms with E-state index in [1.807, 2.05) is 16.7 Å². The molecule has 1 saturated heterocycles. The van der Waals surface area contributed by atoms with E-state index in [2.05, 4.69) is 27.4 Å². The van der Waals surface area contributed by atoms with Crippen molar-refractivity contribution in [2.45, 2.75) is 24.0 Å². The van der Waals surface area contributed by atoms with Crippen LogP contribution in [0.25, 0.3) is 5.69 Å². The number of halogens is 1. The zero-order valence-corrected chi connectivity index (χ0v) is 14.8. The first-order valence-corrected chi connectivity index (χ1v) is 8.97. The lowest BCUT2D eigenvalue weighted by Gasteiger charge is -2.23. The fourth-order valence-corrected chi connectivity index (χ4v) is 3.36. The fraction of sp³-hybridized carbons (Fsp3) is 0.250. The lowest BCUT2D eigenvalue weighted by atomic mass is 10.1. The van der Waals surface area contributed by atoms with Crippen molar-refractivity contribution in [3.05, 3.63) is 47.8 Å². The first-order valence-electron chi connectivity index (χ1n) is 7.61. The number of aromatic nitrogens is 3. The van der Waals surface area contributed by atoms with Crippen LogP contribution in [0.3, 0.4) is 0 Å². The Morgan fingerprint density at radius 1 is 1.32 bits per heavy atom. The Labute approximate surface area is 153 Å².